The molecule has 2 atom stereocenters. The van der Waals surface area contributed by atoms with E-state index in [0.29, 0.717) is 5.56 Å². The Morgan fingerprint density at radius 3 is 2.41 bits per heavy atom. The van der Waals surface area contributed by atoms with E-state index in [2.05, 4.69) is 10.6 Å². The molecule has 0 aromatic heterocycles. The number of nitrogens with one attached hydrogen (secondary N) is 2. The topological polar surface area (TPSA) is 134 Å². The number of rotatable bonds is 9. The first-order valence-corrected chi connectivity index (χ1v) is 10.3. The van der Waals surface area contributed by atoms with Crippen LogP contribution in [0.5, 0.6) is 5.75 Å². The normalized spacial score (nSPS) is 12.8. The fraction of sp³-hybridized carbons (Fsp3) is 0.545. The number of esters is 1. The van der Waals surface area contributed by atoms with Crippen molar-refractivity contribution in [3.05, 3.63) is 29.8 Å². The molecule has 0 fully saturated rings. The third kappa shape index (κ3) is 8.83. The van der Waals surface area contributed by atoms with Crippen molar-refractivity contribution in [2.45, 2.75) is 58.7 Å². The van der Waals surface area contributed by atoms with Crippen molar-refractivity contribution in [2.24, 2.45) is 0 Å². The van der Waals surface area contributed by atoms with E-state index in [1.807, 2.05) is 0 Å². The standard InChI is InChI=1S/C22H33N3O7/c1-7-31-17(27)11-12-23-19(28)18(15-9-8-10-16(26)13-15)25(6)20(29)14(2)24-21(30)32-22(3,4)5/h8-10,13-14,18,26H,7,11-12H2,1-6H3,(H,23,28)(H,24,30). The molecule has 0 bridgehead atoms. The van der Waals surface area contributed by atoms with E-state index in [1.54, 1.807) is 39.8 Å². The van der Waals surface area contributed by atoms with Gasteiger partial charge in [0.2, 0.25) is 11.8 Å². The zero-order valence-electron chi connectivity index (χ0n) is 19.4. The minimum atomic E-state index is -1.11. The second-order valence-corrected chi connectivity index (χ2v) is 8.16. The fourth-order valence-corrected chi connectivity index (χ4v) is 2.84. The number of aromatic hydroxyl groups is 1. The Hall–Kier alpha value is -3.30. The zero-order valence-corrected chi connectivity index (χ0v) is 19.4. The number of phenolic OH excluding ortho intramolecular Hbond substituents is 1. The van der Waals surface area contributed by atoms with E-state index in [4.69, 9.17) is 9.47 Å². The van der Waals surface area contributed by atoms with E-state index >= 15 is 0 Å². The lowest BCUT2D eigenvalue weighted by Gasteiger charge is -2.30. The number of benzene rings is 1. The van der Waals surface area contributed by atoms with Gasteiger partial charge in [-0.25, -0.2) is 4.79 Å². The van der Waals surface area contributed by atoms with Gasteiger partial charge in [0.1, 0.15) is 23.4 Å². The maximum Gasteiger partial charge on any atom is 0.408 e. The lowest BCUT2D eigenvalue weighted by atomic mass is 10.0. The smallest absolute Gasteiger partial charge is 0.408 e. The number of alkyl carbamates (subject to hydrolysis) is 1. The lowest BCUT2D eigenvalue weighted by Crippen LogP contribution is -2.50. The highest BCUT2D eigenvalue weighted by molar-refractivity contribution is 5.91. The Kier molecular flexibility index (Phi) is 9.96. The van der Waals surface area contributed by atoms with Gasteiger partial charge in [0.25, 0.3) is 0 Å². The summed E-state index contributed by atoms with van der Waals surface area (Å²) in [5.41, 5.74) is -0.374. The van der Waals surface area contributed by atoms with Crippen LogP contribution < -0.4 is 10.6 Å². The molecule has 0 aliphatic carbocycles. The maximum atomic E-state index is 13.0. The monoisotopic (exact) mass is 451 g/mol. The largest absolute Gasteiger partial charge is 0.508 e. The predicted octanol–water partition coefficient (Wildman–Crippen LogP) is 1.87. The summed E-state index contributed by atoms with van der Waals surface area (Å²) in [5, 5.41) is 14.9. The molecule has 0 aliphatic rings. The number of hydrogen-bond acceptors (Lipinski definition) is 7. The summed E-state index contributed by atoms with van der Waals surface area (Å²) >= 11 is 0. The summed E-state index contributed by atoms with van der Waals surface area (Å²) in [7, 11) is 1.41. The first-order valence-electron chi connectivity index (χ1n) is 10.3. The molecule has 10 nitrogen and oxygen atoms in total. The van der Waals surface area contributed by atoms with E-state index in [9.17, 15) is 24.3 Å². The number of phenols is 1. The van der Waals surface area contributed by atoms with Crippen LogP contribution in [0, 0.1) is 0 Å². The zero-order chi connectivity index (χ0) is 24.5. The molecule has 0 saturated carbocycles. The molecule has 2 unspecified atom stereocenters. The highest BCUT2D eigenvalue weighted by Crippen LogP contribution is 2.24. The number of carbonyl (C=O) groups excluding carboxylic acids is 4. The van der Waals surface area contributed by atoms with Gasteiger partial charge in [0.15, 0.2) is 0 Å². The first-order chi connectivity index (χ1) is 14.9. The Morgan fingerprint density at radius 2 is 1.84 bits per heavy atom. The van der Waals surface area contributed by atoms with Crippen molar-refractivity contribution >= 4 is 23.9 Å². The van der Waals surface area contributed by atoms with Crippen LogP contribution in [0.3, 0.4) is 0 Å². The summed E-state index contributed by atoms with van der Waals surface area (Å²) in [6.45, 7) is 8.50. The Balaban J connectivity index is 2.98. The number of amides is 3. The molecule has 0 heterocycles. The van der Waals surface area contributed by atoms with E-state index in [-0.39, 0.29) is 25.3 Å². The van der Waals surface area contributed by atoms with Gasteiger partial charge >= 0.3 is 12.1 Å². The molecular formula is C22H33N3O7. The van der Waals surface area contributed by atoms with Crippen LogP contribution in [0.15, 0.2) is 24.3 Å². The summed E-state index contributed by atoms with van der Waals surface area (Å²) in [6, 6.07) is 3.84. The third-order valence-corrected chi connectivity index (χ3v) is 4.21. The van der Waals surface area contributed by atoms with Gasteiger partial charge < -0.3 is 30.1 Å². The Labute approximate surface area is 188 Å². The lowest BCUT2D eigenvalue weighted by molar-refractivity contribution is -0.143. The molecule has 1 aromatic carbocycles. The SMILES string of the molecule is CCOC(=O)CCNC(=O)C(c1cccc(O)c1)N(C)C(=O)C(C)NC(=O)OC(C)(C)C. The summed E-state index contributed by atoms with van der Waals surface area (Å²) in [5.74, 6) is -1.64. The second kappa shape index (κ2) is 11.9. The quantitative estimate of drug-likeness (QED) is 0.488. The van der Waals surface area contributed by atoms with Gasteiger partial charge in [0, 0.05) is 13.6 Å². The molecule has 3 amide bonds. The minimum Gasteiger partial charge on any atom is -0.508 e. The average molecular weight is 452 g/mol. The van der Waals surface area contributed by atoms with Crippen molar-refractivity contribution in [2.75, 3.05) is 20.2 Å². The number of likely N-dealkylation sites (N-methyl/N-ethyl adjacent to an activating group) is 1. The van der Waals surface area contributed by atoms with Gasteiger partial charge in [-0.1, -0.05) is 12.1 Å². The summed E-state index contributed by atoms with van der Waals surface area (Å²) in [4.78, 5) is 50.6. The summed E-state index contributed by atoms with van der Waals surface area (Å²) in [6.07, 6.45) is -0.791. The molecule has 0 spiro atoms. The van der Waals surface area contributed by atoms with Crippen LogP contribution in [-0.4, -0.2) is 65.7 Å². The van der Waals surface area contributed by atoms with Crippen molar-refractivity contribution < 1.29 is 33.8 Å². The molecule has 0 aliphatic heterocycles. The average Bonchev–Trinajstić information content (AvgIpc) is 2.66. The van der Waals surface area contributed by atoms with Crippen LogP contribution in [0.1, 0.15) is 52.6 Å². The highest BCUT2D eigenvalue weighted by Gasteiger charge is 2.32. The highest BCUT2D eigenvalue weighted by atomic mass is 16.6. The Morgan fingerprint density at radius 1 is 1.19 bits per heavy atom. The number of carbonyl (C=O) groups is 4. The van der Waals surface area contributed by atoms with E-state index < -0.39 is 41.6 Å². The fourth-order valence-electron chi connectivity index (χ4n) is 2.84. The molecule has 10 heteroatoms. The van der Waals surface area contributed by atoms with Crippen LogP contribution in [0.4, 0.5) is 4.79 Å². The second-order valence-electron chi connectivity index (χ2n) is 8.16. The third-order valence-electron chi connectivity index (χ3n) is 4.21. The van der Waals surface area contributed by atoms with Crippen molar-refractivity contribution in [1.29, 1.82) is 0 Å². The van der Waals surface area contributed by atoms with Gasteiger partial charge in [-0.2, -0.15) is 0 Å². The van der Waals surface area contributed by atoms with Gasteiger partial charge in [-0.05, 0) is 52.3 Å². The van der Waals surface area contributed by atoms with Crippen molar-refractivity contribution in [3.8, 4) is 5.75 Å². The number of ether oxygens (including phenoxy) is 2. The summed E-state index contributed by atoms with van der Waals surface area (Å²) < 4.78 is 10.00. The number of hydrogen-bond donors (Lipinski definition) is 3. The maximum absolute atomic E-state index is 13.0. The predicted molar refractivity (Wildman–Crippen MR) is 117 cm³/mol. The van der Waals surface area contributed by atoms with E-state index in [1.165, 1.54) is 26.1 Å². The molecule has 3 N–H and O–H groups in total. The Bertz CT molecular complexity index is 820. The van der Waals surface area contributed by atoms with Crippen LogP contribution in [-0.2, 0) is 23.9 Å². The molecule has 32 heavy (non-hydrogen) atoms. The molecule has 0 saturated heterocycles. The molecule has 1 aromatic rings. The van der Waals surface area contributed by atoms with Gasteiger partial charge in [-0.3, -0.25) is 14.4 Å². The van der Waals surface area contributed by atoms with E-state index in [0.717, 1.165) is 4.90 Å². The first kappa shape index (κ1) is 26.7. The minimum absolute atomic E-state index is 0.0146. The molecule has 178 valence electrons. The van der Waals surface area contributed by atoms with Crippen molar-refractivity contribution in [1.82, 2.24) is 15.5 Å². The van der Waals surface area contributed by atoms with Crippen LogP contribution in [0.25, 0.3) is 0 Å². The van der Waals surface area contributed by atoms with Gasteiger partial charge in [0.05, 0.1) is 13.0 Å². The van der Waals surface area contributed by atoms with Crippen LogP contribution >= 0.6 is 0 Å². The van der Waals surface area contributed by atoms with Crippen LogP contribution in [0.2, 0.25) is 0 Å². The molecule has 0 radical (unpaired) electrons. The van der Waals surface area contributed by atoms with Gasteiger partial charge in [-0.15, -0.1) is 0 Å². The number of nitrogens with zero attached hydrogens (tertiary/aromatic N) is 1. The van der Waals surface area contributed by atoms with Crippen molar-refractivity contribution in [3.63, 3.8) is 0 Å². The molecule has 1 rings (SSSR count). The molecular weight excluding hydrogens is 418 g/mol.